The average molecular weight is 563 g/mol. The maximum atomic E-state index is 5.19. The van der Waals surface area contributed by atoms with Gasteiger partial charge in [-0.15, -0.1) is 0 Å². The van der Waals surface area contributed by atoms with E-state index in [1.165, 1.54) is 38.0 Å². The lowest BCUT2D eigenvalue weighted by molar-refractivity contribution is 0.445. The molecular formula is C37H30N4S. The summed E-state index contributed by atoms with van der Waals surface area (Å²) in [5, 5.41) is 10.2. The van der Waals surface area contributed by atoms with E-state index in [1.54, 1.807) is 0 Å². The van der Waals surface area contributed by atoms with Gasteiger partial charge in [-0.05, 0) is 34.1 Å². The van der Waals surface area contributed by atoms with Gasteiger partial charge in [0, 0.05) is 27.3 Å². The molecule has 0 spiro atoms. The molecule has 2 aliphatic heterocycles. The van der Waals surface area contributed by atoms with Crippen LogP contribution in [0, 0.1) is 5.92 Å². The lowest BCUT2D eigenvalue weighted by Crippen LogP contribution is -2.40. The normalized spacial score (nSPS) is 21.1. The van der Waals surface area contributed by atoms with Gasteiger partial charge in [-0.3, -0.25) is 0 Å². The summed E-state index contributed by atoms with van der Waals surface area (Å²) >= 11 is 1.90. The highest BCUT2D eigenvalue weighted by Crippen LogP contribution is 2.52. The predicted molar refractivity (Wildman–Crippen MR) is 176 cm³/mol. The molecule has 5 aromatic carbocycles. The third-order valence-corrected chi connectivity index (χ3v) is 9.82. The Hall–Kier alpha value is -4.61. The van der Waals surface area contributed by atoms with Crippen LogP contribution in [0.5, 0.6) is 0 Å². The molecule has 0 fully saturated rings. The van der Waals surface area contributed by atoms with Gasteiger partial charge in [-0.2, -0.15) is 0 Å². The fraction of sp³-hybridized carbons (Fsp3) is 0.135. The summed E-state index contributed by atoms with van der Waals surface area (Å²) in [6, 6.07) is 40.5. The highest BCUT2D eigenvalue weighted by Gasteiger charge is 2.34. The lowest BCUT2D eigenvalue weighted by Gasteiger charge is -2.33. The van der Waals surface area contributed by atoms with Gasteiger partial charge in [0.1, 0.15) is 17.0 Å². The van der Waals surface area contributed by atoms with E-state index in [0.29, 0.717) is 0 Å². The number of hydrogen-bond donors (Lipinski definition) is 2. The van der Waals surface area contributed by atoms with Crippen LogP contribution in [0.3, 0.4) is 0 Å². The number of benzene rings is 5. The first-order valence-corrected chi connectivity index (χ1v) is 15.4. The largest absolute Gasteiger partial charge is 0.368 e. The quantitative estimate of drug-likeness (QED) is 0.231. The van der Waals surface area contributed by atoms with Gasteiger partial charge in [0.2, 0.25) is 0 Å². The molecule has 204 valence electrons. The zero-order chi connectivity index (χ0) is 28.0. The monoisotopic (exact) mass is 562 g/mol. The van der Waals surface area contributed by atoms with Crippen LogP contribution in [0.25, 0.3) is 16.8 Å². The van der Waals surface area contributed by atoms with E-state index in [9.17, 15) is 0 Å². The maximum absolute atomic E-state index is 5.19. The van der Waals surface area contributed by atoms with Gasteiger partial charge in [-0.25, -0.2) is 9.98 Å². The number of fused-ring (bicyclic) bond motifs is 5. The number of amidine groups is 2. The molecule has 3 atom stereocenters. The first-order chi connectivity index (χ1) is 20.7. The third-order valence-electron chi connectivity index (χ3n) is 8.60. The summed E-state index contributed by atoms with van der Waals surface area (Å²) in [7, 11) is 0. The minimum atomic E-state index is -0.232. The molecule has 4 nitrogen and oxygen atoms in total. The Kier molecular flexibility index (Phi) is 6.19. The predicted octanol–water partition coefficient (Wildman–Crippen LogP) is 8.63. The van der Waals surface area contributed by atoms with E-state index in [4.69, 9.17) is 9.98 Å². The van der Waals surface area contributed by atoms with E-state index < -0.39 is 0 Å². The Labute approximate surface area is 250 Å². The molecule has 3 unspecified atom stereocenters. The van der Waals surface area contributed by atoms with Crippen molar-refractivity contribution in [2.45, 2.75) is 29.3 Å². The first kappa shape index (κ1) is 25.1. The Bertz CT molecular complexity index is 1820. The van der Waals surface area contributed by atoms with Crippen LogP contribution in [-0.4, -0.2) is 17.8 Å². The first-order valence-electron chi connectivity index (χ1n) is 14.5. The second kappa shape index (κ2) is 10.3. The van der Waals surface area contributed by atoms with Crippen molar-refractivity contribution in [2.75, 3.05) is 5.32 Å². The summed E-state index contributed by atoms with van der Waals surface area (Å²) in [6.45, 7) is 2.33. The third kappa shape index (κ3) is 4.32. The molecule has 0 bridgehead atoms. The van der Waals surface area contributed by atoms with E-state index in [0.717, 1.165) is 22.8 Å². The number of thioether (sulfide) groups is 1. The molecule has 1 aliphatic carbocycles. The second-order valence-corrected chi connectivity index (χ2v) is 12.3. The topological polar surface area (TPSA) is 48.8 Å². The molecular weight excluding hydrogens is 533 g/mol. The van der Waals surface area contributed by atoms with E-state index in [1.807, 2.05) is 23.9 Å². The molecule has 0 radical (unpaired) electrons. The van der Waals surface area contributed by atoms with Crippen molar-refractivity contribution in [2.24, 2.45) is 15.9 Å². The van der Waals surface area contributed by atoms with Crippen LogP contribution in [0.1, 0.15) is 46.0 Å². The summed E-state index contributed by atoms with van der Waals surface area (Å²) in [5.74, 6) is 2.11. The molecule has 0 aromatic heterocycles. The van der Waals surface area contributed by atoms with Crippen LogP contribution in [0.4, 0.5) is 5.69 Å². The van der Waals surface area contributed by atoms with Gasteiger partial charge in [0.05, 0.1) is 5.69 Å². The molecule has 42 heavy (non-hydrogen) atoms. The summed E-state index contributed by atoms with van der Waals surface area (Å²) in [6.07, 6.45) is 4.43. The number of aliphatic imine (C=N–C) groups is 2. The molecule has 8 rings (SSSR count). The number of hydrogen-bond acceptors (Lipinski definition) is 5. The number of nitrogens with one attached hydrogen (secondary N) is 2. The minimum absolute atomic E-state index is 0.130. The van der Waals surface area contributed by atoms with Crippen molar-refractivity contribution in [1.29, 1.82) is 0 Å². The SMILES string of the molecule is CC1c2ccc3ccc4c(c3c2C=CC1C1N=C(c2ccccc2)NC(c2ccccc2)=N1)NC(c1ccccc1)S4. The standard InChI is InChI=1S/C37H30N4S/c1-23-28-19-17-24-18-22-31-33(38-37(42-31)27-15-9-4-10-16-27)32(24)30(28)21-20-29(23)36-40-34(25-11-5-2-6-12-25)39-35(41-36)26-13-7-3-8-14-26/h2-23,29,36-38H,1H3,(H,39,40,41). The maximum Gasteiger partial charge on any atom is 0.151 e. The van der Waals surface area contributed by atoms with Crippen LogP contribution in [0.15, 0.2) is 136 Å². The van der Waals surface area contributed by atoms with Crippen molar-refractivity contribution in [1.82, 2.24) is 5.32 Å². The minimum Gasteiger partial charge on any atom is -0.368 e. The molecule has 0 saturated heterocycles. The number of rotatable bonds is 4. The second-order valence-electron chi connectivity index (χ2n) is 11.1. The van der Waals surface area contributed by atoms with Gasteiger partial charge in [0.25, 0.3) is 0 Å². The Morgan fingerprint density at radius 2 is 1.31 bits per heavy atom. The fourth-order valence-corrected chi connectivity index (χ4v) is 7.54. The van der Waals surface area contributed by atoms with Gasteiger partial charge in [0.15, 0.2) is 6.17 Å². The van der Waals surface area contributed by atoms with E-state index >= 15 is 0 Å². The summed E-state index contributed by atoms with van der Waals surface area (Å²) in [5.41, 5.74) is 7.33. The Balaban J connectivity index is 1.19. The van der Waals surface area contributed by atoms with Crippen LogP contribution >= 0.6 is 11.8 Å². The molecule has 2 heterocycles. The van der Waals surface area contributed by atoms with Gasteiger partial charge >= 0.3 is 0 Å². The molecule has 3 aliphatic rings. The van der Waals surface area contributed by atoms with Crippen molar-refractivity contribution in [3.63, 3.8) is 0 Å². The fourth-order valence-electron chi connectivity index (χ4n) is 6.39. The van der Waals surface area contributed by atoms with Crippen LogP contribution < -0.4 is 10.6 Å². The van der Waals surface area contributed by atoms with Crippen LogP contribution in [0.2, 0.25) is 0 Å². The van der Waals surface area contributed by atoms with E-state index in [2.05, 4.69) is 133 Å². The van der Waals surface area contributed by atoms with E-state index in [-0.39, 0.29) is 23.4 Å². The summed E-state index contributed by atoms with van der Waals surface area (Å²) in [4.78, 5) is 11.7. The number of nitrogens with zero attached hydrogens (tertiary/aromatic N) is 2. The molecule has 5 aromatic rings. The molecule has 5 heteroatoms. The Morgan fingerprint density at radius 1 is 0.690 bits per heavy atom. The summed E-state index contributed by atoms with van der Waals surface area (Å²) < 4.78 is 0. The van der Waals surface area contributed by atoms with Gasteiger partial charge in [-0.1, -0.05) is 140 Å². The average Bonchev–Trinajstić information content (AvgIpc) is 3.51. The molecule has 2 N–H and O–H groups in total. The molecule has 0 saturated carbocycles. The van der Waals surface area contributed by atoms with Crippen molar-refractivity contribution >= 4 is 46.0 Å². The Morgan fingerprint density at radius 3 is 1.98 bits per heavy atom. The smallest absolute Gasteiger partial charge is 0.151 e. The highest BCUT2D eigenvalue weighted by molar-refractivity contribution is 8.00. The van der Waals surface area contributed by atoms with Crippen LogP contribution in [-0.2, 0) is 0 Å². The zero-order valence-electron chi connectivity index (χ0n) is 23.2. The highest BCUT2D eigenvalue weighted by atomic mass is 32.2. The van der Waals surface area contributed by atoms with Crippen molar-refractivity contribution in [3.05, 3.63) is 149 Å². The van der Waals surface area contributed by atoms with Gasteiger partial charge < -0.3 is 10.6 Å². The van der Waals surface area contributed by atoms with Crippen molar-refractivity contribution < 1.29 is 0 Å². The number of anilines is 1. The molecule has 0 amide bonds. The van der Waals surface area contributed by atoms with Crippen molar-refractivity contribution in [3.8, 4) is 0 Å². The zero-order valence-corrected chi connectivity index (χ0v) is 24.1. The lowest BCUT2D eigenvalue weighted by atomic mass is 9.77.